The van der Waals surface area contributed by atoms with Crippen molar-refractivity contribution in [2.24, 2.45) is 5.73 Å². The molecule has 1 aliphatic rings. The van der Waals surface area contributed by atoms with Crippen molar-refractivity contribution < 1.29 is 17.5 Å². The monoisotopic (exact) mass is 302 g/mol. The van der Waals surface area contributed by atoms with Gasteiger partial charge >= 0.3 is 0 Å². The van der Waals surface area contributed by atoms with Crippen molar-refractivity contribution in [3.05, 3.63) is 29.6 Å². The summed E-state index contributed by atoms with van der Waals surface area (Å²) in [6.45, 7) is 4.18. The molecule has 1 aliphatic heterocycles. The highest BCUT2D eigenvalue weighted by Gasteiger charge is 2.41. The molecule has 2 rings (SSSR count). The van der Waals surface area contributed by atoms with Gasteiger partial charge in [-0.15, -0.1) is 0 Å². The Morgan fingerprint density at radius 2 is 2.25 bits per heavy atom. The third-order valence-electron chi connectivity index (χ3n) is 3.77. The van der Waals surface area contributed by atoms with Crippen LogP contribution in [0.1, 0.15) is 25.8 Å². The van der Waals surface area contributed by atoms with Crippen LogP contribution in [-0.4, -0.2) is 26.7 Å². The maximum atomic E-state index is 13.8. The number of hydrogen-bond donors (Lipinski definition) is 2. The van der Waals surface area contributed by atoms with Crippen LogP contribution >= 0.6 is 0 Å². The first-order valence-electron chi connectivity index (χ1n) is 6.42. The fourth-order valence-electron chi connectivity index (χ4n) is 2.21. The maximum Gasteiger partial charge on any atom is 0.244 e. The molecule has 1 aromatic rings. The van der Waals surface area contributed by atoms with E-state index in [1.807, 2.05) is 0 Å². The average Bonchev–Trinajstić information content (AvgIpc) is 2.68. The zero-order chi connectivity index (χ0) is 15.0. The molecule has 0 aromatic heterocycles. The molecule has 0 aliphatic carbocycles. The van der Waals surface area contributed by atoms with Crippen LogP contribution in [0.5, 0.6) is 0 Å². The van der Waals surface area contributed by atoms with Crippen LogP contribution in [-0.2, 0) is 21.3 Å². The fourth-order valence-corrected chi connectivity index (χ4v) is 3.83. The van der Waals surface area contributed by atoms with Crippen molar-refractivity contribution in [1.82, 2.24) is 4.72 Å². The number of nitrogens with two attached hydrogens (primary N) is 1. The van der Waals surface area contributed by atoms with Gasteiger partial charge in [0.1, 0.15) is 10.7 Å². The molecule has 0 amide bonds. The van der Waals surface area contributed by atoms with Crippen LogP contribution in [0.25, 0.3) is 0 Å². The molecular formula is C13H19FN2O3S. The van der Waals surface area contributed by atoms with Gasteiger partial charge < -0.3 is 10.5 Å². The molecule has 5 nitrogen and oxygen atoms in total. The Kier molecular flexibility index (Phi) is 4.15. The number of sulfonamides is 1. The Balaban J connectivity index is 2.36. The zero-order valence-corrected chi connectivity index (χ0v) is 12.3. The summed E-state index contributed by atoms with van der Waals surface area (Å²) in [4.78, 5) is -0.374. The molecule has 0 saturated carbocycles. The Morgan fingerprint density at radius 1 is 1.55 bits per heavy atom. The number of halogens is 1. The van der Waals surface area contributed by atoms with Gasteiger partial charge in [-0.2, -0.15) is 0 Å². The summed E-state index contributed by atoms with van der Waals surface area (Å²) >= 11 is 0. The minimum absolute atomic E-state index is 0.152. The summed E-state index contributed by atoms with van der Waals surface area (Å²) in [5.74, 6) is -0.787. The fraction of sp³-hybridized carbons (Fsp3) is 0.538. The van der Waals surface area contributed by atoms with Crippen molar-refractivity contribution in [2.75, 3.05) is 6.61 Å². The van der Waals surface area contributed by atoms with Crippen LogP contribution in [0.2, 0.25) is 0 Å². The van der Waals surface area contributed by atoms with Crippen molar-refractivity contribution in [3.8, 4) is 0 Å². The highest BCUT2D eigenvalue weighted by Crippen LogP contribution is 2.28. The molecule has 2 atom stereocenters. The third kappa shape index (κ3) is 2.85. The van der Waals surface area contributed by atoms with E-state index in [2.05, 4.69) is 4.72 Å². The number of rotatable bonds is 4. The maximum absolute atomic E-state index is 13.8. The molecule has 0 bridgehead atoms. The normalized spacial score (nSPS) is 26.9. The van der Waals surface area contributed by atoms with E-state index in [1.165, 1.54) is 12.1 Å². The quantitative estimate of drug-likeness (QED) is 0.873. The lowest BCUT2D eigenvalue weighted by atomic mass is 9.97. The van der Waals surface area contributed by atoms with Crippen LogP contribution in [0, 0.1) is 5.82 Å². The van der Waals surface area contributed by atoms with Gasteiger partial charge in [-0.3, -0.25) is 0 Å². The second kappa shape index (κ2) is 5.40. The van der Waals surface area contributed by atoms with Gasteiger partial charge in [-0.1, -0.05) is 6.07 Å². The molecule has 0 spiro atoms. The molecular weight excluding hydrogens is 283 g/mol. The van der Waals surface area contributed by atoms with Gasteiger partial charge in [-0.05, 0) is 38.0 Å². The first-order valence-corrected chi connectivity index (χ1v) is 7.91. The topological polar surface area (TPSA) is 81.4 Å². The van der Waals surface area contributed by atoms with Crippen LogP contribution < -0.4 is 10.5 Å². The Hall–Kier alpha value is -1.02. The van der Waals surface area contributed by atoms with E-state index in [0.717, 1.165) is 6.07 Å². The van der Waals surface area contributed by atoms with E-state index in [0.29, 0.717) is 18.6 Å². The van der Waals surface area contributed by atoms with Crippen molar-refractivity contribution in [1.29, 1.82) is 0 Å². The van der Waals surface area contributed by atoms with Crippen LogP contribution in [0.15, 0.2) is 23.1 Å². The molecule has 2 unspecified atom stereocenters. The van der Waals surface area contributed by atoms with E-state index in [9.17, 15) is 12.8 Å². The number of benzene rings is 1. The standard InChI is InChI=1S/C13H19FN2O3S/c1-9-13(2,5-6-19-9)16-20(17,18)12-7-10(8-15)3-4-11(12)14/h3-4,7,9,16H,5-6,8,15H2,1-2H3. The molecule has 1 heterocycles. The van der Waals surface area contributed by atoms with Gasteiger partial charge in [0.25, 0.3) is 0 Å². The Morgan fingerprint density at radius 3 is 2.80 bits per heavy atom. The second-order valence-electron chi connectivity index (χ2n) is 5.25. The molecule has 0 radical (unpaired) electrons. The largest absolute Gasteiger partial charge is 0.376 e. The van der Waals surface area contributed by atoms with Crippen molar-refractivity contribution in [2.45, 2.75) is 43.4 Å². The summed E-state index contributed by atoms with van der Waals surface area (Å²) in [6, 6.07) is 3.85. The Bertz CT molecular complexity index is 606. The molecule has 20 heavy (non-hydrogen) atoms. The van der Waals surface area contributed by atoms with Gasteiger partial charge in [0.15, 0.2) is 0 Å². The SMILES string of the molecule is CC1OCCC1(C)NS(=O)(=O)c1cc(CN)ccc1F. The van der Waals surface area contributed by atoms with E-state index in [1.54, 1.807) is 13.8 Å². The van der Waals surface area contributed by atoms with Crippen LogP contribution in [0.4, 0.5) is 4.39 Å². The van der Waals surface area contributed by atoms with Gasteiger partial charge in [0.05, 0.1) is 11.6 Å². The molecule has 1 fully saturated rings. The van der Waals surface area contributed by atoms with Crippen LogP contribution in [0.3, 0.4) is 0 Å². The first-order chi connectivity index (χ1) is 9.28. The van der Waals surface area contributed by atoms with E-state index >= 15 is 0 Å². The van der Waals surface area contributed by atoms with Gasteiger partial charge in [-0.25, -0.2) is 17.5 Å². The summed E-state index contributed by atoms with van der Waals surface area (Å²) in [5, 5.41) is 0. The molecule has 1 saturated heterocycles. The van der Waals surface area contributed by atoms with E-state index in [4.69, 9.17) is 10.5 Å². The first kappa shape index (κ1) is 15.4. The highest BCUT2D eigenvalue weighted by atomic mass is 32.2. The third-order valence-corrected chi connectivity index (χ3v) is 5.40. The lowest BCUT2D eigenvalue weighted by Gasteiger charge is -2.28. The summed E-state index contributed by atoms with van der Waals surface area (Å²) < 4.78 is 46.5. The molecule has 1 aromatic carbocycles. The molecule has 7 heteroatoms. The summed E-state index contributed by atoms with van der Waals surface area (Å²) in [7, 11) is -3.96. The van der Waals surface area contributed by atoms with Gasteiger partial charge in [0.2, 0.25) is 10.0 Å². The smallest absolute Gasteiger partial charge is 0.244 e. The lowest BCUT2D eigenvalue weighted by Crippen LogP contribution is -2.50. The minimum Gasteiger partial charge on any atom is -0.376 e. The lowest BCUT2D eigenvalue weighted by molar-refractivity contribution is 0.0957. The van der Waals surface area contributed by atoms with Gasteiger partial charge in [0, 0.05) is 13.2 Å². The summed E-state index contributed by atoms with van der Waals surface area (Å²) in [6.07, 6.45) is 0.282. The molecule has 112 valence electrons. The number of hydrogen-bond acceptors (Lipinski definition) is 4. The minimum atomic E-state index is -3.96. The predicted octanol–water partition coefficient (Wildman–Crippen LogP) is 1.13. The Labute approximate surface area is 118 Å². The van der Waals surface area contributed by atoms with E-state index in [-0.39, 0.29) is 17.5 Å². The van der Waals surface area contributed by atoms with E-state index < -0.39 is 21.4 Å². The predicted molar refractivity (Wildman–Crippen MR) is 73.0 cm³/mol. The van der Waals surface area contributed by atoms with Crippen molar-refractivity contribution >= 4 is 10.0 Å². The summed E-state index contributed by atoms with van der Waals surface area (Å²) in [5.41, 5.74) is 5.30. The highest BCUT2D eigenvalue weighted by molar-refractivity contribution is 7.89. The zero-order valence-electron chi connectivity index (χ0n) is 11.5. The molecule has 3 N–H and O–H groups in total. The number of nitrogens with one attached hydrogen (secondary N) is 1. The number of ether oxygens (including phenoxy) is 1. The second-order valence-corrected chi connectivity index (χ2v) is 6.91. The van der Waals surface area contributed by atoms with Crippen molar-refractivity contribution in [3.63, 3.8) is 0 Å². The average molecular weight is 302 g/mol.